The van der Waals surface area contributed by atoms with Gasteiger partial charge in [-0.3, -0.25) is 0 Å². The molecule has 2 rings (SSSR count). The van der Waals surface area contributed by atoms with Gasteiger partial charge in [-0.05, 0) is 13.8 Å². The van der Waals surface area contributed by atoms with E-state index < -0.39 is 0 Å². The molecule has 0 fully saturated rings. The molecule has 78 valence electrons. The van der Waals surface area contributed by atoms with E-state index in [1.165, 1.54) is 12.7 Å². The number of aryl methyl sites for hydroxylation is 1. The van der Waals surface area contributed by atoms with Gasteiger partial charge < -0.3 is 5.73 Å². The molecule has 0 bridgehead atoms. The lowest BCUT2D eigenvalue weighted by atomic mass is 10.3. The highest BCUT2D eigenvalue weighted by Gasteiger charge is 2.11. The molecule has 0 saturated carbocycles. The summed E-state index contributed by atoms with van der Waals surface area (Å²) in [6, 6.07) is 1.66. The SMILES string of the molecule is Cc1cc(-n2ncnc2C(C)N)ncn1. The first-order valence-corrected chi connectivity index (χ1v) is 4.63. The van der Waals surface area contributed by atoms with Crippen molar-refractivity contribution in [2.24, 2.45) is 5.73 Å². The summed E-state index contributed by atoms with van der Waals surface area (Å²) in [4.78, 5) is 12.2. The Balaban J connectivity index is 2.49. The fourth-order valence-electron chi connectivity index (χ4n) is 1.29. The Kier molecular flexibility index (Phi) is 2.42. The van der Waals surface area contributed by atoms with Crippen molar-refractivity contribution < 1.29 is 0 Å². The van der Waals surface area contributed by atoms with Gasteiger partial charge in [0.05, 0.1) is 6.04 Å². The summed E-state index contributed by atoms with van der Waals surface area (Å²) in [5.41, 5.74) is 6.65. The topological polar surface area (TPSA) is 82.5 Å². The molecule has 2 heterocycles. The third kappa shape index (κ3) is 1.84. The van der Waals surface area contributed by atoms with Crippen LogP contribution in [0, 0.1) is 6.92 Å². The molecule has 6 nitrogen and oxygen atoms in total. The van der Waals surface area contributed by atoms with Crippen molar-refractivity contribution in [3.63, 3.8) is 0 Å². The molecule has 0 spiro atoms. The first kappa shape index (κ1) is 9.72. The molecule has 0 aliphatic rings. The number of aromatic nitrogens is 5. The van der Waals surface area contributed by atoms with E-state index in [4.69, 9.17) is 5.73 Å². The zero-order valence-electron chi connectivity index (χ0n) is 8.62. The van der Waals surface area contributed by atoms with Gasteiger partial charge in [-0.15, -0.1) is 0 Å². The van der Waals surface area contributed by atoms with Gasteiger partial charge in [0.2, 0.25) is 0 Å². The Labute approximate surface area is 87.2 Å². The van der Waals surface area contributed by atoms with Gasteiger partial charge in [-0.25, -0.2) is 15.0 Å². The first-order valence-electron chi connectivity index (χ1n) is 4.63. The Morgan fingerprint density at radius 1 is 1.27 bits per heavy atom. The normalized spacial score (nSPS) is 12.7. The van der Waals surface area contributed by atoms with E-state index >= 15 is 0 Å². The van der Waals surface area contributed by atoms with Gasteiger partial charge in [0, 0.05) is 11.8 Å². The second kappa shape index (κ2) is 3.74. The number of rotatable bonds is 2. The van der Waals surface area contributed by atoms with Crippen LogP contribution in [0.2, 0.25) is 0 Å². The van der Waals surface area contributed by atoms with Crippen LogP contribution in [0.15, 0.2) is 18.7 Å². The van der Waals surface area contributed by atoms with Crippen molar-refractivity contribution >= 4 is 0 Å². The predicted molar refractivity (Wildman–Crippen MR) is 54.3 cm³/mol. The number of nitrogens with two attached hydrogens (primary N) is 1. The van der Waals surface area contributed by atoms with Crippen molar-refractivity contribution in [3.05, 3.63) is 30.2 Å². The second-order valence-corrected chi connectivity index (χ2v) is 3.34. The van der Waals surface area contributed by atoms with E-state index in [1.54, 1.807) is 4.68 Å². The summed E-state index contributed by atoms with van der Waals surface area (Å²) >= 11 is 0. The summed E-state index contributed by atoms with van der Waals surface area (Å²) < 4.78 is 1.62. The highest BCUT2D eigenvalue weighted by Crippen LogP contribution is 2.10. The van der Waals surface area contributed by atoms with Gasteiger partial charge in [0.15, 0.2) is 11.6 Å². The van der Waals surface area contributed by atoms with Crippen molar-refractivity contribution in [2.45, 2.75) is 19.9 Å². The maximum Gasteiger partial charge on any atom is 0.159 e. The molecule has 0 radical (unpaired) electrons. The zero-order valence-corrected chi connectivity index (χ0v) is 8.62. The summed E-state index contributed by atoms with van der Waals surface area (Å²) in [6.07, 6.45) is 2.97. The van der Waals surface area contributed by atoms with E-state index in [0.29, 0.717) is 11.6 Å². The third-order valence-corrected chi connectivity index (χ3v) is 1.99. The van der Waals surface area contributed by atoms with Gasteiger partial charge in [0.1, 0.15) is 12.7 Å². The van der Waals surface area contributed by atoms with Crippen LogP contribution in [0.1, 0.15) is 24.5 Å². The quantitative estimate of drug-likeness (QED) is 0.764. The van der Waals surface area contributed by atoms with Crippen molar-refractivity contribution in [1.29, 1.82) is 0 Å². The zero-order chi connectivity index (χ0) is 10.8. The molecule has 0 aliphatic heterocycles. The molecule has 2 aromatic rings. The summed E-state index contributed by atoms with van der Waals surface area (Å²) in [5.74, 6) is 1.38. The lowest BCUT2D eigenvalue weighted by Gasteiger charge is -2.07. The lowest BCUT2D eigenvalue weighted by Crippen LogP contribution is -2.14. The van der Waals surface area contributed by atoms with Gasteiger partial charge in [-0.2, -0.15) is 9.78 Å². The molecule has 1 atom stereocenters. The Morgan fingerprint density at radius 2 is 2.07 bits per heavy atom. The highest BCUT2D eigenvalue weighted by molar-refractivity contribution is 5.23. The summed E-state index contributed by atoms with van der Waals surface area (Å²) in [7, 11) is 0. The van der Waals surface area contributed by atoms with E-state index in [-0.39, 0.29) is 6.04 Å². The molecule has 0 aromatic carbocycles. The maximum atomic E-state index is 5.77. The van der Waals surface area contributed by atoms with E-state index in [0.717, 1.165) is 5.69 Å². The molecule has 2 N–H and O–H groups in total. The average Bonchev–Trinajstić information content (AvgIpc) is 2.65. The Hall–Kier alpha value is -1.82. The number of hydrogen-bond donors (Lipinski definition) is 1. The summed E-state index contributed by atoms with van der Waals surface area (Å²) in [6.45, 7) is 3.75. The molecule has 2 aromatic heterocycles. The first-order chi connectivity index (χ1) is 7.18. The summed E-state index contributed by atoms with van der Waals surface area (Å²) in [5, 5.41) is 4.08. The van der Waals surface area contributed by atoms with E-state index in [9.17, 15) is 0 Å². The minimum Gasteiger partial charge on any atom is -0.322 e. The van der Waals surface area contributed by atoms with Crippen LogP contribution in [0.5, 0.6) is 0 Å². The fourth-order valence-corrected chi connectivity index (χ4v) is 1.29. The molecular formula is C9H12N6. The second-order valence-electron chi connectivity index (χ2n) is 3.34. The molecule has 0 saturated heterocycles. The van der Waals surface area contributed by atoms with Gasteiger partial charge >= 0.3 is 0 Å². The van der Waals surface area contributed by atoms with E-state index in [2.05, 4.69) is 20.1 Å². The molecule has 1 unspecified atom stereocenters. The third-order valence-electron chi connectivity index (χ3n) is 1.99. The molecule has 0 amide bonds. The van der Waals surface area contributed by atoms with Crippen LogP contribution in [-0.2, 0) is 0 Å². The smallest absolute Gasteiger partial charge is 0.159 e. The highest BCUT2D eigenvalue weighted by atomic mass is 15.4. The molecule has 6 heteroatoms. The number of nitrogens with zero attached hydrogens (tertiary/aromatic N) is 5. The average molecular weight is 204 g/mol. The van der Waals surface area contributed by atoms with Crippen LogP contribution in [0.4, 0.5) is 0 Å². The van der Waals surface area contributed by atoms with Gasteiger partial charge in [-0.1, -0.05) is 0 Å². The number of hydrogen-bond acceptors (Lipinski definition) is 5. The predicted octanol–water partition coefficient (Wildman–Crippen LogP) is 0.385. The monoisotopic (exact) mass is 204 g/mol. The van der Waals surface area contributed by atoms with Gasteiger partial charge in [0.25, 0.3) is 0 Å². The Morgan fingerprint density at radius 3 is 2.73 bits per heavy atom. The fraction of sp³-hybridized carbons (Fsp3) is 0.333. The van der Waals surface area contributed by atoms with Crippen LogP contribution >= 0.6 is 0 Å². The largest absolute Gasteiger partial charge is 0.322 e. The Bertz CT molecular complexity index is 461. The molecule has 0 aliphatic carbocycles. The minimum absolute atomic E-state index is 0.178. The van der Waals surface area contributed by atoms with Crippen molar-refractivity contribution in [2.75, 3.05) is 0 Å². The van der Waals surface area contributed by atoms with Crippen molar-refractivity contribution in [3.8, 4) is 5.82 Å². The molecule has 15 heavy (non-hydrogen) atoms. The van der Waals surface area contributed by atoms with Crippen LogP contribution in [-0.4, -0.2) is 24.7 Å². The standard InChI is InChI=1S/C9H12N6/c1-6-3-8(12-4-11-6)15-9(7(2)10)13-5-14-15/h3-5,7H,10H2,1-2H3. The molecular weight excluding hydrogens is 192 g/mol. The maximum absolute atomic E-state index is 5.77. The van der Waals surface area contributed by atoms with E-state index in [1.807, 2.05) is 19.9 Å². The lowest BCUT2D eigenvalue weighted by molar-refractivity contribution is 0.679. The van der Waals surface area contributed by atoms with Crippen LogP contribution in [0.3, 0.4) is 0 Å². The minimum atomic E-state index is -0.178. The van der Waals surface area contributed by atoms with Crippen molar-refractivity contribution in [1.82, 2.24) is 24.7 Å². The van der Waals surface area contributed by atoms with Crippen LogP contribution < -0.4 is 5.73 Å². The van der Waals surface area contributed by atoms with Crippen LogP contribution in [0.25, 0.3) is 5.82 Å².